The summed E-state index contributed by atoms with van der Waals surface area (Å²) in [6.07, 6.45) is 1.61. The minimum absolute atomic E-state index is 0.412. The zero-order valence-corrected chi connectivity index (χ0v) is 11.8. The summed E-state index contributed by atoms with van der Waals surface area (Å²) in [4.78, 5) is 15.6. The zero-order valence-electron chi connectivity index (χ0n) is 11.8. The molecule has 0 unspecified atom stereocenters. The van der Waals surface area contributed by atoms with Gasteiger partial charge >= 0.3 is 0 Å². The van der Waals surface area contributed by atoms with Crippen LogP contribution >= 0.6 is 0 Å². The van der Waals surface area contributed by atoms with Crippen LogP contribution in [0.3, 0.4) is 0 Å². The Labute approximate surface area is 117 Å². The van der Waals surface area contributed by atoms with Gasteiger partial charge in [0.1, 0.15) is 5.82 Å². The molecule has 0 spiro atoms. The lowest BCUT2D eigenvalue weighted by molar-refractivity contribution is 0.100. The van der Waals surface area contributed by atoms with Gasteiger partial charge in [0.25, 0.3) is 0 Å². The highest BCUT2D eigenvalue weighted by molar-refractivity contribution is 5.93. The zero-order chi connectivity index (χ0) is 14.7. The highest BCUT2D eigenvalue weighted by Gasteiger charge is 2.10. The van der Waals surface area contributed by atoms with Gasteiger partial charge in [-0.25, -0.2) is 9.67 Å². The Balaban J connectivity index is 2.30. The molecule has 2 aromatic rings. The summed E-state index contributed by atoms with van der Waals surface area (Å²) in [5.74, 6) is 1.28. The van der Waals surface area contributed by atoms with E-state index in [1.807, 2.05) is 24.6 Å². The van der Waals surface area contributed by atoms with Crippen molar-refractivity contribution in [3.63, 3.8) is 0 Å². The summed E-state index contributed by atoms with van der Waals surface area (Å²) in [5.41, 5.74) is 13.0. The van der Waals surface area contributed by atoms with Crippen LogP contribution in [0.15, 0.2) is 18.2 Å². The van der Waals surface area contributed by atoms with Crippen LogP contribution in [0.1, 0.15) is 41.4 Å². The molecule has 0 fully saturated rings. The predicted molar refractivity (Wildman–Crippen MR) is 77.3 cm³/mol. The topological polar surface area (TPSA) is 99.8 Å². The largest absolute Gasteiger partial charge is 0.398 e. The van der Waals surface area contributed by atoms with Crippen molar-refractivity contribution in [2.24, 2.45) is 5.73 Å². The van der Waals surface area contributed by atoms with Crippen LogP contribution < -0.4 is 11.5 Å². The molecule has 20 heavy (non-hydrogen) atoms. The van der Waals surface area contributed by atoms with Crippen LogP contribution in [0, 0.1) is 0 Å². The van der Waals surface area contributed by atoms with E-state index < -0.39 is 5.91 Å². The van der Waals surface area contributed by atoms with Crippen LogP contribution in [0.4, 0.5) is 5.69 Å². The molecule has 0 saturated heterocycles. The molecule has 1 aromatic heterocycles. The molecule has 106 valence electrons. The molecule has 1 heterocycles. The van der Waals surface area contributed by atoms with E-state index >= 15 is 0 Å². The van der Waals surface area contributed by atoms with Gasteiger partial charge in [-0.05, 0) is 17.7 Å². The molecule has 0 aliphatic rings. The number of carbonyl (C=O) groups is 1. The molecule has 0 saturated carbocycles. The van der Waals surface area contributed by atoms with E-state index in [9.17, 15) is 4.79 Å². The monoisotopic (exact) mass is 273 g/mol. The van der Waals surface area contributed by atoms with E-state index in [2.05, 4.69) is 10.1 Å². The number of anilines is 1. The number of nitrogen functional groups attached to an aromatic ring is 1. The Morgan fingerprint density at radius 3 is 2.60 bits per heavy atom. The van der Waals surface area contributed by atoms with Crippen LogP contribution in [-0.4, -0.2) is 20.7 Å². The molecule has 1 amide bonds. The Kier molecular flexibility index (Phi) is 4.02. The number of aryl methyl sites for hydroxylation is 2. The van der Waals surface area contributed by atoms with Crippen LogP contribution in [0.2, 0.25) is 0 Å². The van der Waals surface area contributed by atoms with Gasteiger partial charge in [0.05, 0.1) is 6.54 Å². The maximum absolute atomic E-state index is 11.1. The first-order valence-electron chi connectivity index (χ1n) is 6.66. The fourth-order valence-electron chi connectivity index (χ4n) is 2.02. The maximum atomic E-state index is 11.1. The number of hydrogen-bond acceptors (Lipinski definition) is 4. The molecule has 4 N–H and O–H groups in total. The minimum Gasteiger partial charge on any atom is -0.398 e. The molecule has 0 radical (unpaired) electrons. The fraction of sp³-hybridized carbons (Fsp3) is 0.357. The number of hydrogen-bond donors (Lipinski definition) is 2. The number of benzene rings is 1. The highest BCUT2D eigenvalue weighted by atomic mass is 16.1. The Morgan fingerprint density at radius 2 is 2.05 bits per heavy atom. The Hall–Kier alpha value is -2.37. The number of carbonyl (C=O) groups excluding carboxylic acids is 1. The van der Waals surface area contributed by atoms with E-state index in [0.717, 1.165) is 30.1 Å². The lowest BCUT2D eigenvalue weighted by Crippen LogP contribution is -2.13. The molecule has 2 rings (SSSR count). The van der Waals surface area contributed by atoms with Gasteiger partial charge in [0, 0.05) is 24.1 Å². The summed E-state index contributed by atoms with van der Waals surface area (Å²) in [6, 6.07) is 5.08. The SMILES string of the molecule is CCc1nc(CC)n(Cc2ccc(C(N)=O)cc2N)n1. The first-order valence-corrected chi connectivity index (χ1v) is 6.66. The molecular weight excluding hydrogens is 254 g/mol. The van der Waals surface area contributed by atoms with Crippen molar-refractivity contribution in [1.29, 1.82) is 0 Å². The summed E-state index contributed by atoms with van der Waals surface area (Å²) in [5, 5.41) is 4.45. The third-order valence-corrected chi connectivity index (χ3v) is 3.18. The predicted octanol–water partition coefficient (Wildman–Crippen LogP) is 1.13. The summed E-state index contributed by atoms with van der Waals surface area (Å²) < 4.78 is 1.86. The van der Waals surface area contributed by atoms with Gasteiger partial charge in [-0.2, -0.15) is 5.10 Å². The van der Waals surface area contributed by atoms with Crippen molar-refractivity contribution < 1.29 is 4.79 Å². The Bertz CT molecular complexity index is 632. The van der Waals surface area contributed by atoms with Gasteiger partial charge in [-0.1, -0.05) is 19.9 Å². The third-order valence-electron chi connectivity index (χ3n) is 3.18. The third kappa shape index (κ3) is 2.79. The summed E-state index contributed by atoms with van der Waals surface area (Å²) >= 11 is 0. The first-order chi connectivity index (χ1) is 9.55. The van der Waals surface area contributed by atoms with Crippen molar-refractivity contribution in [3.8, 4) is 0 Å². The highest BCUT2D eigenvalue weighted by Crippen LogP contribution is 2.16. The molecular formula is C14H19N5O. The summed E-state index contributed by atoms with van der Waals surface area (Å²) in [6.45, 7) is 4.61. The number of rotatable bonds is 5. The van der Waals surface area contributed by atoms with Crippen molar-refractivity contribution >= 4 is 11.6 Å². The van der Waals surface area contributed by atoms with Gasteiger partial charge in [-0.15, -0.1) is 0 Å². The van der Waals surface area contributed by atoms with Crippen LogP contribution in [0.25, 0.3) is 0 Å². The average molecular weight is 273 g/mol. The number of amides is 1. The van der Waals surface area contributed by atoms with Gasteiger partial charge in [0.2, 0.25) is 5.91 Å². The number of primary amides is 1. The van der Waals surface area contributed by atoms with Crippen molar-refractivity contribution in [2.75, 3.05) is 5.73 Å². The molecule has 6 nitrogen and oxygen atoms in total. The van der Waals surface area contributed by atoms with E-state index in [0.29, 0.717) is 17.8 Å². The Morgan fingerprint density at radius 1 is 1.30 bits per heavy atom. The molecule has 1 aromatic carbocycles. The quantitative estimate of drug-likeness (QED) is 0.797. The second-order valence-electron chi connectivity index (χ2n) is 4.59. The van der Waals surface area contributed by atoms with Gasteiger partial charge < -0.3 is 11.5 Å². The average Bonchev–Trinajstić information content (AvgIpc) is 2.83. The second-order valence-corrected chi connectivity index (χ2v) is 4.59. The van der Waals surface area contributed by atoms with E-state index in [-0.39, 0.29) is 0 Å². The van der Waals surface area contributed by atoms with Crippen molar-refractivity contribution in [1.82, 2.24) is 14.8 Å². The van der Waals surface area contributed by atoms with Crippen LogP contribution in [-0.2, 0) is 19.4 Å². The minimum atomic E-state index is -0.480. The summed E-state index contributed by atoms with van der Waals surface area (Å²) in [7, 11) is 0. The maximum Gasteiger partial charge on any atom is 0.248 e. The van der Waals surface area contributed by atoms with Gasteiger partial charge in [-0.3, -0.25) is 4.79 Å². The molecule has 0 bridgehead atoms. The standard InChI is InChI=1S/C14H19N5O/c1-3-12-17-13(4-2)19(18-12)8-10-6-5-9(14(16)20)7-11(10)15/h5-7H,3-4,8,15H2,1-2H3,(H2,16,20). The second kappa shape index (κ2) is 5.73. The number of nitrogens with zero attached hydrogens (tertiary/aromatic N) is 3. The smallest absolute Gasteiger partial charge is 0.248 e. The molecule has 0 atom stereocenters. The van der Waals surface area contributed by atoms with Crippen molar-refractivity contribution in [2.45, 2.75) is 33.2 Å². The van der Waals surface area contributed by atoms with Crippen molar-refractivity contribution in [3.05, 3.63) is 41.0 Å². The number of nitrogens with two attached hydrogens (primary N) is 2. The molecule has 0 aliphatic carbocycles. The normalized spacial score (nSPS) is 10.7. The lowest BCUT2D eigenvalue weighted by atomic mass is 10.1. The lowest BCUT2D eigenvalue weighted by Gasteiger charge is -2.08. The van der Waals surface area contributed by atoms with Gasteiger partial charge in [0.15, 0.2) is 5.82 Å². The number of aromatic nitrogens is 3. The van der Waals surface area contributed by atoms with E-state index in [4.69, 9.17) is 11.5 Å². The van der Waals surface area contributed by atoms with E-state index in [1.165, 1.54) is 0 Å². The van der Waals surface area contributed by atoms with E-state index in [1.54, 1.807) is 12.1 Å². The van der Waals surface area contributed by atoms with Crippen LogP contribution in [0.5, 0.6) is 0 Å². The molecule has 6 heteroatoms. The fourth-order valence-corrected chi connectivity index (χ4v) is 2.02. The molecule has 0 aliphatic heterocycles. The first kappa shape index (κ1) is 14.0.